The Morgan fingerprint density at radius 1 is 0.389 bits per heavy atom. The van der Waals surface area contributed by atoms with Crippen molar-refractivity contribution in [2.24, 2.45) is 0 Å². The standard InChI is InChI=1S/C27H29NO6.C26H27NO6.C25H25NO6.C24H22ClNO5S/c1-15(2)16-3-5-19(6-4-16)31-13-24(30)34-27-21(29)9-17-7-8-28-12-18-10-22-23(33-14-32-22)11-20(18)25(27)26(17)28;1-14-3-4-20(15(2)7-14)30-12-23(29)33-26-19(28)8-16-5-6-27-11-17-9-21-22(32-13-31-21)10-18(17)24(26)25(16)27;1-14-2-4-17(5-3-14)29-12-22(28)32-25-19(27)8-15-6-7-26-11-16-9-20-21(31-13-30-20)10-18(16)23(25)24(15)26;25-15-1-3-16(4-2-15)32-11-21(28)31-24-18(27)7-13-5-6-26-10-14-8-19-20(30-12-29-19)9-17(14)22(24)23(13)26/h3-6,9-11,15,21,25-27,29H,7-8,12-14H2,1-2H3;3-4,7-10,19,24-26,28H,5-6,11-13H2,1-2H3;2-5,8-10,19,23-25,27H,6-7,11-13H2,1H3;1-4,7-9,18,22-24,27H,5-6,10-12H2. The van der Waals surface area contributed by atoms with Gasteiger partial charge in [-0.2, -0.15) is 0 Å². The Balaban J connectivity index is 0.000000106. The normalized spacial score (nSPS) is 27.1. The first kappa shape index (κ1) is 86.4. The van der Waals surface area contributed by atoms with Gasteiger partial charge >= 0.3 is 23.9 Å². The predicted octanol–water partition coefficient (Wildman–Crippen LogP) is 12.9. The first-order chi connectivity index (χ1) is 63.6. The molecule has 16 unspecified atom stereocenters. The number of thioether (sulfide) groups is 1. The molecule has 4 aliphatic carbocycles. The molecule has 4 saturated heterocycles. The summed E-state index contributed by atoms with van der Waals surface area (Å²) in [5.41, 5.74) is 18.1. The zero-order valence-corrected chi connectivity index (χ0v) is 74.7. The lowest BCUT2D eigenvalue weighted by molar-refractivity contribution is -0.160. The monoisotopic (exact) mass is 1820 g/mol. The number of esters is 4. The molecule has 12 heterocycles. The van der Waals surface area contributed by atoms with Gasteiger partial charge in [-0.1, -0.05) is 120 Å². The van der Waals surface area contributed by atoms with Crippen LogP contribution in [0.3, 0.4) is 0 Å². The number of nitrogens with zero attached hydrogens (tertiary/aromatic N) is 4. The molecule has 0 spiro atoms. The zero-order chi connectivity index (χ0) is 89.7. The van der Waals surface area contributed by atoms with Crippen LogP contribution in [0.5, 0.6) is 63.2 Å². The number of aryl methyl sites for hydroxylation is 3. The van der Waals surface area contributed by atoms with Gasteiger partial charge in [-0.3, -0.25) is 24.4 Å². The molecule has 682 valence electrons. The van der Waals surface area contributed by atoms with Crippen molar-refractivity contribution in [3.63, 3.8) is 0 Å². The van der Waals surface area contributed by atoms with Crippen LogP contribution < -0.4 is 52.1 Å². The fourth-order valence-electron chi connectivity index (χ4n) is 22.3. The summed E-state index contributed by atoms with van der Waals surface area (Å²) < 4.78 is 85.4. The van der Waals surface area contributed by atoms with E-state index in [0.29, 0.717) is 51.2 Å². The van der Waals surface area contributed by atoms with Gasteiger partial charge in [0.25, 0.3) is 0 Å². The van der Waals surface area contributed by atoms with Gasteiger partial charge < -0.3 is 91.5 Å². The number of ether oxygens (including phenoxy) is 15. The van der Waals surface area contributed by atoms with Gasteiger partial charge in [-0.15, -0.1) is 11.8 Å². The van der Waals surface area contributed by atoms with Crippen molar-refractivity contribution < 1.29 is 111 Å². The van der Waals surface area contributed by atoms with E-state index in [1.165, 1.54) is 39.6 Å². The molecule has 0 bridgehead atoms. The molecular formula is C102H103ClN4O23S. The topological polar surface area (TPSA) is 301 Å². The van der Waals surface area contributed by atoms with Gasteiger partial charge in [0.15, 0.2) is 65.8 Å². The van der Waals surface area contributed by atoms with E-state index in [-0.39, 0.29) is 107 Å². The second-order valence-corrected chi connectivity index (χ2v) is 38.0. The largest absolute Gasteiger partial charge is 0.482 e. The number of hydrogen-bond donors (Lipinski definition) is 4. The second kappa shape index (κ2) is 36.0. The maximum atomic E-state index is 12.8. The third kappa shape index (κ3) is 17.1. The van der Waals surface area contributed by atoms with Gasteiger partial charge in [0.1, 0.15) is 66.1 Å². The van der Waals surface area contributed by atoms with E-state index < -0.39 is 66.7 Å². The number of aliphatic hydroxyl groups excluding tert-OH is 4. The van der Waals surface area contributed by atoms with E-state index in [0.717, 1.165) is 167 Å². The number of aliphatic hydroxyl groups is 4. The molecule has 27 nitrogen and oxygen atoms in total. The van der Waals surface area contributed by atoms with Gasteiger partial charge in [0.2, 0.25) is 27.2 Å². The van der Waals surface area contributed by atoms with Crippen LogP contribution in [0, 0.1) is 20.8 Å². The van der Waals surface area contributed by atoms with Gasteiger partial charge in [-0.05, 0) is 211 Å². The Labute approximate surface area is 767 Å². The van der Waals surface area contributed by atoms with E-state index in [9.17, 15) is 39.6 Å². The minimum absolute atomic E-state index is 0.110. The molecular weight excluding hydrogens is 1720 g/mol. The molecule has 0 radical (unpaired) electrons. The molecule has 29 heteroatoms. The second-order valence-electron chi connectivity index (χ2n) is 36.5. The average Bonchev–Trinajstić information content (AvgIpc) is 1.63. The maximum absolute atomic E-state index is 12.8. The molecule has 16 aliphatic rings. The molecule has 0 aromatic heterocycles. The fourth-order valence-corrected chi connectivity index (χ4v) is 23.1. The summed E-state index contributed by atoms with van der Waals surface area (Å²) in [5.74, 6) is 5.78. The third-order valence-corrected chi connectivity index (χ3v) is 29.4. The van der Waals surface area contributed by atoms with Crippen molar-refractivity contribution in [2.75, 3.05) is 78.9 Å². The van der Waals surface area contributed by atoms with Crippen molar-refractivity contribution in [2.45, 2.75) is 194 Å². The Morgan fingerprint density at radius 3 is 1.04 bits per heavy atom. The molecule has 4 N–H and O–H groups in total. The molecule has 12 aliphatic heterocycles. The molecule has 8 aromatic rings. The molecule has 0 amide bonds. The molecule has 131 heavy (non-hydrogen) atoms. The minimum atomic E-state index is -0.873. The van der Waals surface area contributed by atoms with Crippen molar-refractivity contribution in [3.05, 3.63) is 258 Å². The SMILES string of the molecule is CC(C)c1ccc(OCC(=O)OC2C(O)C=C3CCN4Cc5cc6c(cc5C2C34)OCO6)cc1.Cc1ccc(OCC(=O)OC2C(O)C=C3CCN4Cc5cc6c(cc5C2C34)OCO6)c(C)c1.Cc1ccc(OCC(=O)OC2C(O)C=C3CCN4Cc5cc6c(cc5C2C34)OCO6)cc1.O=C(CSc1ccc(Cl)cc1)OC1C(O)C=C2CCN3Cc4cc5c(cc4C1C23)OCO5. The van der Waals surface area contributed by atoms with Crippen LogP contribution in [-0.4, -0.2) is 216 Å². The lowest BCUT2D eigenvalue weighted by Gasteiger charge is -2.45. The minimum Gasteiger partial charge on any atom is -0.482 e. The van der Waals surface area contributed by atoms with E-state index in [4.69, 9.17) is 82.7 Å². The number of halogens is 1. The van der Waals surface area contributed by atoms with Gasteiger partial charge in [0.05, 0.1) is 5.75 Å². The van der Waals surface area contributed by atoms with E-state index >= 15 is 0 Å². The van der Waals surface area contributed by atoms with Crippen LogP contribution in [0.25, 0.3) is 0 Å². The van der Waals surface area contributed by atoms with Crippen LogP contribution >= 0.6 is 23.4 Å². The Kier molecular flexibility index (Phi) is 23.8. The summed E-state index contributed by atoms with van der Waals surface area (Å²) in [4.78, 5) is 61.7. The fraction of sp³-hybridized carbons (Fsp3) is 0.412. The van der Waals surface area contributed by atoms with Crippen LogP contribution in [-0.2, 0) is 64.3 Å². The molecule has 4 fully saturated rings. The summed E-state index contributed by atoms with van der Waals surface area (Å²) in [6.45, 7) is 17.3. The number of benzene rings is 8. The quantitative estimate of drug-likeness (QED) is 0.0285. The van der Waals surface area contributed by atoms with Crippen LogP contribution in [0.15, 0.2) is 191 Å². The van der Waals surface area contributed by atoms with E-state index in [1.54, 1.807) is 12.1 Å². The number of fused-ring (bicyclic) bond motifs is 12. The van der Waals surface area contributed by atoms with Crippen molar-refractivity contribution >= 4 is 47.2 Å². The highest BCUT2D eigenvalue weighted by Crippen LogP contribution is 2.56. The maximum Gasteiger partial charge on any atom is 0.344 e. The first-order valence-corrected chi connectivity index (χ1v) is 46.4. The van der Waals surface area contributed by atoms with E-state index in [1.807, 2.05) is 172 Å². The summed E-state index contributed by atoms with van der Waals surface area (Å²) >= 11 is 7.33. The lowest BCUT2D eigenvalue weighted by Crippen LogP contribution is -2.51. The van der Waals surface area contributed by atoms with Crippen LogP contribution in [0.4, 0.5) is 0 Å². The summed E-state index contributed by atoms with van der Waals surface area (Å²) in [6, 6.07) is 45.0. The average molecular weight is 1820 g/mol. The highest BCUT2D eigenvalue weighted by molar-refractivity contribution is 8.00. The van der Waals surface area contributed by atoms with E-state index in [2.05, 4.69) is 33.4 Å². The van der Waals surface area contributed by atoms with Crippen LogP contribution in [0.1, 0.15) is 136 Å². The van der Waals surface area contributed by atoms with Crippen LogP contribution in [0.2, 0.25) is 5.02 Å². The smallest absolute Gasteiger partial charge is 0.344 e. The Morgan fingerprint density at radius 2 is 0.702 bits per heavy atom. The first-order valence-electron chi connectivity index (χ1n) is 45.1. The highest BCUT2D eigenvalue weighted by atomic mass is 35.5. The van der Waals surface area contributed by atoms with Crippen molar-refractivity contribution in [1.82, 2.24) is 19.6 Å². The van der Waals surface area contributed by atoms with Gasteiger partial charge in [0, 0.05) is 110 Å². The molecule has 8 aromatic carbocycles. The Hall–Kier alpha value is -11.3. The molecule has 0 saturated carbocycles. The van der Waals surface area contributed by atoms with Gasteiger partial charge in [-0.25, -0.2) is 14.4 Å². The van der Waals surface area contributed by atoms with Crippen molar-refractivity contribution in [3.8, 4) is 63.2 Å². The zero-order valence-electron chi connectivity index (χ0n) is 73.2. The third-order valence-electron chi connectivity index (χ3n) is 28.2. The molecule has 16 atom stereocenters. The predicted molar refractivity (Wildman–Crippen MR) is 479 cm³/mol. The van der Waals surface area contributed by atoms with Crippen molar-refractivity contribution in [1.29, 1.82) is 0 Å². The number of rotatable bonds is 17. The molecule has 24 rings (SSSR count). The summed E-state index contributed by atoms with van der Waals surface area (Å²) in [7, 11) is 0. The summed E-state index contributed by atoms with van der Waals surface area (Å²) in [5, 5.41) is 44.5. The lowest BCUT2D eigenvalue weighted by atomic mass is 9.73. The Bertz CT molecular complexity index is 5750. The number of carbonyl (C=O) groups excluding carboxylic acids is 4. The highest BCUT2D eigenvalue weighted by Gasteiger charge is 2.56. The summed E-state index contributed by atoms with van der Waals surface area (Å²) in [6.07, 6.45) is 4.98. The number of hydrogen-bond acceptors (Lipinski definition) is 28. The number of carbonyl (C=O) groups is 4.